The van der Waals surface area contributed by atoms with E-state index in [-0.39, 0.29) is 6.61 Å². The van der Waals surface area contributed by atoms with E-state index in [1.807, 2.05) is 13.8 Å². The number of carbonyl (C=O) groups excluding carboxylic acids is 1. The number of aromatic nitrogens is 2. The van der Waals surface area contributed by atoms with Gasteiger partial charge in [-0.25, -0.2) is 9.66 Å². The fourth-order valence-corrected chi connectivity index (χ4v) is 2.33. The van der Waals surface area contributed by atoms with Gasteiger partial charge in [0.1, 0.15) is 0 Å². The summed E-state index contributed by atoms with van der Waals surface area (Å²) in [7, 11) is 0. The highest BCUT2D eigenvalue weighted by atomic mass is 79.9. The molecule has 0 saturated heterocycles. The smallest absolute Gasteiger partial charge is 0.255 e. The molecule has 4 N–H and O–H groups in total. The SMILES string of the molecule is CCOc1cc(C=Nn2cc(C)nc2N)c(Br)cc1OCC(N)=O. The molecule has 0 saturated carbocycles. The molecule has 8 nitrogen and oxygen atoms in total. The number of imidazole rings is 1. The first-order valence-corrected chi connectivity index (χ1v) is 7.93. The van der Waals surface area contributed by atoms with E-state index in [0.29, 0.717) is 28.5 Å². The van der Waals surface area contributed by atoms with Crippen LogP contribution in [0.15, 0.2) is 27.9 Å². The topological polar surface area (TPSA) is 118 Å². The van der Waals surface area contributed by atoms with Gasteiger partial charge in [-0.15, -0.1) is 0 Å². The molecule has 2 aromatic rings. The van der Waals surface area contributed by atoms with Crippen LogP contribution in [0.2, 0.25) is 0 Å². The van der Waals surface area contributed by atoms with Gasteiger partial charge in [-0.3, -0.25) is 4.79 Å². The van der Waals surface area contributed by atoms with E-state index in [4.69, 9.17) is 20.9 Å². The van der Waals surface area contributed by atoms with Gasteiger partial charge in [0.25, 0.3) is 5.91 Å². The fourth-order valence-electron chi connectivity index (χ4n) is 1.90. The number of aryl methyl sites for hydroxylation is 1. The second kappa shape index (κ2) is 7.82. The van der Waals surface area contributed by atoms with Crippen molar-refractivity contribution in [3.05, 3.63) is 34.1 Å². The van der Waals surface area contributed by atoms with Gasteiger partial charge >= 0.3 is 0 Å². The minimum absolute atomic E-state index is 0.231. The summed E-state index contributed by atoms with van der Waals surface area (Å²) in [4.78, 5) is 15.0. The zero-order valence-electron chi connectivity index (χ0n) is 13.3. The van der Waals surface area contributed by atoms with Crippen LogP contribution in [0.4, 0.5) is 5.95 Å². The molecule has 0 aliphatic heterocycles. The Hall–Kier alpha value is -2.55. The van der Waals surface area contributed by atoms with E-state index in [9.17, 15) is 4.79 Å². The first kappa shape index (κ1) is 17.8. The summed E-state index contributed by atoms with van der Waals surface area (Å²) in [5.41, 5.74) is 12.4. The number of nitrogen functional groups attached to an aromatic ring is 1. The molecule has 1 amide bonds. The standard InChI is InChI=1S/C15H18BrN5O3/c1-3-23-12-4-10(6-19-21-7-9(2)20-15(21)18)11(16)5-13(12)24-8-14(17)22/h4-7H,3,8H2,1-2H3,(H2,17,22)(H2,18,20). The summed E-state index contributed by atoms with van der Waals surface area (Å²) < 4.78 is 13.1. The average molecular weight is 396 g/mol. The van der Waals surface area contributed by atoms with Crippen LogP contribution in [0.3, 0.4) is 0 Å². The molecule has 9 heteroatoms. The van der Waals surface area contributed by atoms with E-state index in [1.54, 1.807) is 24.5 Å². The van der Waals surface area contributed by atoms with Crippen molar-refractivity contribution in [2.24, 2.45) is 10.8 Å². The lowest BCUT2D eigenvalue weighted by Crippen LogP contribution is -2.20. The molecule has 128 valence electrons. The number of anilines is 1. The van der Waals surface area contributed by atoms with Crippen molar-refractivity contribution in [3.8, 4) is 11.5 Å². The van der Waals surface area contributed by atoms with E-state index in [2.05, 4.69) is 26.0 Å². The molecule has 24 heavy (non-hydrogen) atoms. The van der Waals surface area contributed by atoms with Crippen molar-refractivity contribution in [2.45, 2.75) is 13.8 Å². The molecule has 0 fully saturated rings. The quantitative estimate of drug-likeness (QED) is 0.691. The van der Waals surface area contributed by atoms with Gasteiger partial charge in [-0.1, -0.05) is 0 Å². The van der Waals surface area contributed by atoms with Crippen molar-refractivity contribution in [1.82, 2.24) is 9.66 Å². The summed E-state index contributed by atoms with van der Waals surface area (Å²) in [6.07, 6.45) is 3.33. The maximum Gasteiger partial charge on any atom is 0.255 e. The molecule has 1 aromatic carbocycles. The number of primary amides is 1. The number of carbonyl (C=O) groups is 1. The Morgan fingerprint density at radius 3 is 2.71 bits per heavy atom. The van der Waals surface area contributed by atoms with Crippen molar-refractivity contribution < 1.29 is 14.3 Å². The number of benzene rings is 1. The van der Waals surface area contributed by atoms with E-state index in [1.165, 1.54) is 4.68 Å². The van der Waals surface area contributed by atoms with Gasteiger partial charge in [0.15, 0.2) is 18.1 Å². The van der Waals surface area contributed by atoms with Crippen molar-refractivity contribution in [3.63, 3.8) is 0 Å². The van der Waals surface area contributed by atoms with Crippen molar-refractivity contribution in [1.29, 1.82) is 0 Å². The predicted molar refractivity (Wildman–Crippen MR) is 94.4 cm³/mol. The highest BCUT2D eigenvalue weighted by Crippen LogP contribution is 2.33. The Balaban J connectivity index is 2.31. The van der Waals surface area contributed by atoms with Crippen LogP contribution >= 0.6 is 15.9 Å². The number of nitrogens with zero attached hydrogens (tertiary/aromatic N) is 3. The van der Waals surface area contributed by atoms with Gasteiger partial charge in [-0.05, 0) is 41.9 Å². The maximum atomic E-state index is 10.9. The van der Waals surface area contributed by atoms with Gasteiger partial charge in [-0.2, -0.15) is 5.10 Å². The number of hydrogen-bond acceptors (Lipinski definition) is 6. The molecule has 0 bridgehead atoms. The van der Waals surface area contributed by atoms with Crippen LogP contribution in [-0.2, 0) is 4.79 Å². The minimum Gasteiger partial charge on any atom is -0.490 e. The molecule has 1 heterocycles. The summed E-state index contributed by atoms with van der Waals surface area (Å²) >= 11 is 3.44. The monoisotopic (exact) mass is 395 g/mol. The highest BCUT2D eigenvalue weighted by Gasteiger charge is 2.11. The van der Waals surface area contributed by atoms with E-state index < -0.39 is 5.91 Å². The Labute approximate surface area is 147 Å². The van der Waals surface area contributed by atoms with E-state index in [0.717, 1.165) is 11.3 Å². The number of ether oxygens (including phenoxy) is 2. The summed E-state index contributed by atoms with van der Waals surface area (Å²) in [5, 5.41) is 4.27. The minimum atomic E-state index is -0.565. The molecule has 0 aliphatic rings. The zero-order chi connectivity index (χ0) is 17.7. The Bertz CT molecular complexity index is 773. The van der Waals surface area contributed by atoms with Gasteiger partial charge in [0.05, 0.1) is 24.7 Å². The molecular weight excluding hydrogens is 378 g/mol. The number of halogens is 1. The summed E-state index contributed by atoms with van der Waals surface area (Å²) in [5.74, 6) is 0.632. The third kappa shape index (κ3) is 4.48. The number of hydrogen-bond donors (Lipinski definition) is 2. The molecule has 0 aliphatic carbocycles. The van der Waals surface area contributed by atoms with Crippen LogP contribution in [0.5, 0.6) is 11.5 Å². The third-order valence-corrected chi connectivity index (χ3v) is 3.58. The zero-order valence-corrected chi connectivity index (χ0v) is 14.9. The second-order valence-electron chi connectivity index (χ2n) is 4.84. The first-order chi connectivity index (χ1) is 11.4. The van der Waals surface area contributed by atoms with Gasteiger partial charge in [0, 0.05) is 10.0 Å². The number of nitrogens with two attached hydrogens (primary N) is 2. The maximum absolute atomic E-state index is 10.9. The van der Waals surface area contributed by atoms with Gasteiger partial charge in [0.2, 0.25) is 5.95 Å². The first-order valence-electron chi connectivity index (χ1n) is 7.14. The molecule has 0 radical (unpaired) electrons. The fraction of sp³-hybridized carbons (Fsp3) is 0.267. The van der Waals surface area contributed by atoms with Crippen molar-refractivity contribution in [2.75, 3.05) is 18.9 Å². The largest absolute Gasteiger partial charge is 0.490 e. The molecule has 0 spiro atoms. The number of amides is 1. The Morgan fingerprint density at radius 1 is 1.42 bits per heavy atom. The summed E-state index contributed by atoms with van der Waals surface area (Å²) in [6.45, 7) is 3.89. The van der Waals surface area contributed by atoms with Crippen molar-refractivity contribution >= 4 is 34.0 Å². The molecular formula is C15H18BrN5O3. The van der Waals surface area contributed by atoms with Crippen LogP contribution in [0.25, 0.3) is 0 Å². The predicted octanol–water partition coefficient (Wildman–Crippen LogP) is 1.68. The van der Waals surface area contributed by atoms with E-state index >= 15 is 0 Å². The van der Waals surface area contributed by atoms with Crippen LogP contribution in [-0.4, -0.2) is 35.0 Å². The highest BCUT2D eigenvalue weighted by molar-refractivity contribution is 9.10. The summed E-state index contributed by atoms with van der Waals surface area (Å²) in [6, 6.07) is 3.44. The average Bonchev–Trinajstić information content (AvgIpc) is 2.83. The lowest BCUT2D eigenvalue weighted by molar-refractivity contribution is -0.119. The third-order valence-electron chi connectivity index (χ3n) is 2.89. The lowest BCUT2D eigenvalue weighted by Gasteiger charge is -2.12. The van der Waals surface area contributed by atoms with Gasteiger partial charge < -0.3 is 20.9 Å². The number of rotatable bonds is 7. The van der Waals surface area contributed by atoms with Crippen LogP contribution < -0.4 is 20.9 Å². The van der Waals surface area contributed by atoms with Crippen LogP contribution in [0.1, 0.15) is 18.2 Å². The molecule has 0 atom stereocenters. The molecule has 0 unspecified atom stereocenters. The normalized spacial score (nSPS) is 11.0. The molecule has 1 aromatic heterocycles. The Kier molecular flexibility index (Phi) is 5.80. The Morgan fingerprint density at radius 2 is 2.12 bits per heavy atom. The second-order valence-corrected chi connectivity index (χ2v) is 5.69. The molecule has 2 rings (SSSR count). The lowest BCUT2D eigenvalue weighted by atomic mass is 10.2. The van der Waals surface area contributed by atoms with Crippen LogP contribution in [0, 0.1) is 6.92 Å².